The molecule has 9 heteroatoms. The molecule has 0 bridgehead atoms. The SMILES string of the molecule is O=C(O)N1CCCC(n2c(=O)[nH]c3cnc4ccc(Cl)nc4c32)C1. The minimum absolute atomic E-state index is 0.248. The highest BCUT2D eigenvalue weighted by Gasteiger charge is 2.27. The zero-order valence-electron chi connectivity index (χ0n) is 12.6. The number of imidazole rings is 1. The molecular formula is C15H14ClN5O3. The molecule has 1 aliphatic heterocycles. The van der Waals surface area contributed by atoms with Gasteiger partial charge in [-0.15, -0.1) is 0 Å². The van der Waals surface area contributed by atoms with Crippen LogP contribution in [-0.4, -0.2) is 48.7 Å². The van der Waals surface area contributed by atoms with Crippen LogP contribution >= 0.6 is 11.6 Å². The molecule has 1 fully saturated rings. The van der Waals surface area contributed by atoms with Crippen molar-refractivity contribution in [1.29, 1.82) is 0 Å². The lowest BCUT2D eigenvalue weighted by Gasteiger charge is -2.31. The fourth-order valence-electron chi connectivity index (χ4n) is 3.33. The number of carbonyl (C=O) groups is 1. The van der Waals surface area contributed by atoms with E-state index in [0.717, 1.165) is 6.42 Å². The van der Waals surface area contributed by atoms with Crippen molar-refractivity contribution in [1.82, 2.24) is 24.4 Å². The Kier molecular flexibility index (Phi) is 3.42. The van der Waals surface area contributed by atoms with Crippen LogP contribution in [0, 0.1) is 0 Å². The smallest absolute Gasteiger partial charge is 0.407 e. The molecule has 0 saturated carbocycles. The van der Waals surface area contributed by atoms with E-state index in [0.29, 0.717) is 40.2 Å². The Balaban J connectivity index is 1.94. The second-order valence-corrected chi connectivity index (χ2v) is 6.23. The summed E-state index contributed by atoms with van der Waals surface area (Å²) in [5.74, 6) is 0. The summed E-state index contributed by atoms with van der Waals surface area (Å²) < 4.78 is 1.60. The Labute approximate surface area is 140 Å². The van der Waals surface area contributed by atoms with Gasteiger partial charge in [0.1, 0.15) is 10.7 Å². The number of piperidine rings is 1. The van der Waals surface area contributed by atoms with Gasteiger partial charge in [0.2, 0.25) is 0 Å². The number of aromatic nitrogens is 4. The van der Waals surface area contributed by atoms with Gasteiger partial charge < -0.3 is 15.0 Å². The number of fused-ring (bicyclic) bond motifs is 3. The van der Waals surface area contributed by atoms with Gasteiger partial charge in [-0.1, -0.05) is 11.6 Å². The van der Waals surface area contributed by atoms with E-state index in [1.807, 2.05) is 0 Å². The van der Waals surface area contributed by atoms with E-state index < -0.39 is 6.09 Å². The van der Waals surface area contributed by atoms with Crippen LogP contribution in [0.2, 0.25) is 5.15 Å². The minimum Gasteiger partial charge on any atom is -0.465 e. The highest BCUT2D eigenvalue weighted by molar-refractivity contribution is 6.30. The van der Waals surface area contributed by atoms with Gasteiger partial charge >= 0.3 is 11.8 Å². The van der Waals surface area contributed by atoms with Gasteiger partial charge in [-0.3, -0.25) is 9.55 Å². The van der Waals surface area contributed by atoms with Crippen molar-refractivity contribution in [2.75, 3.05) is 13.1 Å². The van der Waals surface area contributed by atoms with Crippen molar-refractivity contribution in [2.45, 2.75) is 18.9 Å². The average molecular weight is 348 g/mol. The molecule has 3 aromatic rings. The van der Waals surface area contributed by atoms with Crippen LogP contribution in [0.4, 0.5) is 4.79 Å². The first-order valence-corrected chi connectivity index (χ1v) is 7.96. The molecule has 2 N–H and O–H groups in total. The first-order chi connectivity index (χ1) is 11.5. The normalized spacial score (nSPS) is 18.4. The van der Waals surface area contributed by atoms with E-state index in [9.17, 15) is 14.7 Å². The summed E-state index contributed by atoms with van der Waals surface area (Å²) in [6.45, 7) is 0.752. The number of hydrogen-bond donors (Lipinski definition) is 2. The molecule has 0 spiro atoms. The monoisotopic (exact) mass is 347 g/mol. The van der Waals surface area contributed by atoms with Crippen molar-refractivity contribution < 1.29 is 9.90 Å². The van der Waals surface area contributed by atoms with Gasteiger partial charge in [-0.05, 0) is 25.0 Å². The molecule has 0 aliphatic carbocycles. The van der Waals surface area contributed by atoms with E-state index in [1.165, 1.54) is 4.90 Å². The number of amides is 1. The summed E-state index contributed by atoms with van der Waals surface area (Å²) in [6.07, 6.45) is 2.04. The van der Waals surface area contributed by atoms with E-state index in [4.69, 9.17) is 11.6 Å². The molecule has 8 nitrogen and oxygen atoms in total. The highest BCUT2D eigenvalue weighted by atomic mass is 35.5. The summed E-state index contributed by atoms with van der Waals surface area (Å²) in [5.41, 5.74) is 2.05. The van der Waals surface area contributed by atoms with Crippen molar-refractivity contribution in [2.24, 2.45) is 0 Å². The van der Waals surface area contributed by atoms with Crippen LogP contribution in [-0.2, 0) is 0 Å². The van der Waals surface area contributed by atoms with Gasteiger partial charge in [0, 0.05) is 13.1 Å². The van der Waals surface area contributed by atoms with Crippen molar-refractivity contribution >= 4 is 39.8 Å². The predicted octanol–water partition coefficient (Wildman–Crippen LogP) is 2.24. The lowest BCUT2D eigenvalue weighted by atomic mass is 10.1. The molecule has 124 valence electrons. The second-order valence-electron chi connectivity index (χ2n) is 5.85. The second kappa shape index (κ2) is 5.48. The summed E-state index contributed by atoms with van der Waals surface area (Å²) >= 11 is 6.01. The first kappa shape index (κ1) is 14.9. The summed E-state index contributed by atoms with van der Waals surface area (Å²) in [4.78, 5) is 36.5. The lowest BCUT2D eigenvalue weighted by molar-refractivity contribution is 0.122. The topological polar surface area (TPSA) is 104 Å². The third-order valence-electron chi connectivity index (χ3n) is 4.39. The zero-order valence-corrected chi connectivity index (χ0v) is 13.3. The lowest BCUT2D eigenvalue weighted by Crippen LogP contribution is -2.41. The number of halogens is 1. The summed E-state index contributed by atoms with van der Waals surface area (Å²) in [6, 6.07) is 3.14. The molecule has 24 heavy (non-hydrogen) atoms. The molecule has 0 aromatic carbocycles. The van der Waals surface area contributed by atoms with Crippen molar-refractivity contribution in [3.05, 3.63) is 34.0 Å². The maximum absolute atomic E-state index is 12.5. The molecular weight excluding hydrogens is 334 g/mol. The van der Waals surface area contributed by atoms with Crippen LogP contribution in [0.3, 0.4) is 0 Å². The molecule has 1 saturated heterocycles. The number of carboxylic acid groups (broad SMARTS) is 1. The number of rotatable bonds is 1. The minimum atomic E-state index is -0.972. The van der Waals surface area contributed by atoms with E-state index in [1.54, 1.807) is 22.9 Å². The Morgan fingerprint density at radius 1 is 1.42 bits per heavy atom. The van der Waals surface area contributed by atoms with Crippen LogP contribution in [0.15, 0.2) is 23.1 Å². The standard InChI is InChI=1S/C15H14ClN5O3/c16-11-4-3-9-12(19-11)13-10(6-17-9)18-14(22)21(13)8-2-1-5-20(7-8)15(23)24/h3-4,6,8H,1-2,5,7H2,(H,18,22)(H,23,24). The van der Waals surface area contributed by atoms with Crippen LogP contribution in [0.5, 0.6) is 0 Å². The number of hydrogen-bond acceptors (Lipinski definition) is 4. The van der Waals surface area contributed by atoms with E-state index in [2.05, 4.69) is 15.0 Å². The largest absolute Gasteiger partial charge is 0.465 e. The molecule has 3 aromatic heterocycles. The maximum atomic E-state index is 12.5. The molecule has 4 heterocycles. The molecule has 1 amide bonds. The number of nitrogens with one attached hydrogen (secondary N) is 1. The van der Waals surface area contributed by atoms with Gasteiger partial charge in [0.25, 0.3) is 0 Å². The third kappa shape index (κ3) is 2.30. The molecule has 1 atom stereocenters. The van der Waals surface area contributed by atoms with Gasteiger partial charge in [-0.25, -0.2) is 14.6 Å². The fraction of sp³-hybridized carbons (Fsp3) is 0.333. The number of likely N-dealkylation sites (tertiary alicyclic amines) is 1. The van der Waals surface area contributed by atoms with Crippen molar-refractivity contribution in [3.63, 3.8) is 0 Å². The number of pyridine rings is 2. The Hall–Kier alpha value is -2.61. The van der Waals surface area contributed by atoms with Gasteiger partial charge in [0.15, 0.2) is 0 Å². The Bertz CT molecular complexity index is 1010. The first-order valence-electron chi connectivity index (χ1n) is 7.58. The molecule has 1 unspecified atom stereocenters. The molecule has 4 rings (SSSR count). The third-order valence-corrected chi connectivity index (χ3v) is 4.60. The van der Waals surface area contributed by atoms with Crippen molar-refractivity contribution in [3.8, 4) is 0 Å². The summed E-state index contributed by atoms with van der Waals surface area (Å²) in [7, 11) is 0. The number of H-pyrrole nitrogens is 1. The van der Waals surface area contributed by atoms with Crippen LogP contribution in [0.1, 0.15) is 18.9 Å². The predicted molar refractivity (Wildman–Crippen MR) is 88.5 cm³/mol. The summed E-state index contributed by atoms with van der Waals surface area (Å²) in [5, 5.41) is 9.55. The van der Waals surface area contributed by atoms with Gasteiger partial charge in [0.05, 0.1) is 28.8 Å². The number of aromatic amines is 1. The van der Waals surface area contributed by atoms with Gasteiger partial charge in [-0.2, -0.15) is 0 Å². The maximum Gasteiger partial charge on any atom is 0.407 e. The van der Waals surface area contributed by atoms with E-state index in [-0.39, 0.29) is 18.3 Å². The molecule has 0 radical (unpaired) electrons. The Morgan fingerprint density at radius 2 is 2.25 bits per heavy atom. The number of nitrogens with zero attached hydrogens (tertiary/aromatic N) is 4. The fourth-order valence-corrected chi connectivity index (χ4v) is 3.48. The average Bonchev–Trinajstić information content (AvgIpc) is 2.91. The van der Waals surface area contributed by atoms with Crippen LogP contribution < -0.4 is 5.69 Å². The quantitative estimate of drug-likeness (QED) is 0.657. The van der Waals surface area contributed by atoms with Crippen LogP contribution in [0.25, 0.3) is 22.1 Å². The van der Waals surface area contributed by atoms with E-state index >= 15 is 0 Å². The molecule has 1 aliphatic rings. The Morgan fingerprint density at radius 3 is 3.04 bits per heavy atom. The zero-order chi connectivity index (χ0) is 16.8. The highest BCUT2D eigenvalue weighted by Crippen LogP contribution is 2.27.